The first-order valence-corrected chi connectivity index (χ1v) is 11.3. The number of urea groups is 1. The number of aliphatic hydroxyl groups is 1. The van der Waals surface area contributed by atoms with Crippen LogP contribution in [0.25, 0.3) is 0 Å². The smallest absolute Gasteiger partial charge is 0.315 e. The Hall–Kier alpha value is -2.13. The van der Waals surface area contributed by atoms with Gasteiger partial charge in [0.2, 0.25) is 0 Å². The van der Waals surface area contributed by atoms with E-state index in [1.165, 1.54) is 4.68 Å². The average molecular weight is 420 g/mol. The monoisotopic (exact) mass is 419 g/mol. The summed E-state index contributed by atoms with van der Waals surface area (Å²) in [6.07, 6.45) is 6.69. The van der Waals surface area contributed by atoms with Crippen molar-refractivity contribution in [3.8, 4) is 0 Å². The second-order valence-corrected chi connectivity index (χ2v) is 8.62. The number of piperidine rings is 1. The number of aromatic nitrogens is 2. The van der Waals surface area contributed by atoms with Gasteiger partial charge in [0.15, 0.2) is 0 Å². The maximum absolute atomic E-state index is 12.4. The molecule has 3 fully saturated rings. The van der Waals surface area contributed by atoms with Gasteiger partial charge in [0.05, 0.1) is 12.1 Å². The number of ether oxygens (including phenoxy) is 1. The SMILES string of the molecule is O=C(NCC1CCCCN1c1ccc(=O)n(C2CCCC2O)n1)NC1CCOCC1. The molecule has 30 heavy (non-hydrogen) atoms. The molecule has 9 heteroatoms. The highest BCUT2D eigenvalue weighted by Gasteiger charge is 2.30. The van der Waals surface area contributed by atoms with E-state index in [0.29, 0.717) is 26.2 Å². The number of hydrogen-bond acceptors (Lipinski definition) is 6. The maximum Gasteiger partial charge on any atom is 0.315 e. The fraction of sp³-hybridized carbons (Fsp3) is 0.762. The van der Waals surface area contributed by atoms with Crippen LogP contribution in [-0.4, -0.2) is 65.4 Å². The van der Waals surface area contributed by atoms with Crippen molar-refractivity contribution in [3.05, 3.63) is 22.5 Å². The Kier molecular flexibility index (Phi) is 6.89. The van der Waals surface area contributed by atoms with Crippen molar-refractivity contribution < 1.29 is 14.6 Å². The zero-order valence-electron chi connectivity index (χ0n) is 17.5. The third-order valence-corrected chi connectivity index (χ3v) is 6.55. The van der Waals surface area contributed by atoms with E-state index in [-0.39, 0.29) is 29.7 Å². The lowest BCUT2D eigenvalue weighted by atomic mass is 10.0. The van der Waals surface area contributed by atoms with Crippen molar-refractivity contribution in [2.75, 3.05) is 31.2 Å². The fourth-order valence-corrected chi connectivity index (χ4v) is 4.82. The van der Waals surface area contributed by atoms with E-state index in [1.807, 2.05) is 0 Å². The summed E-state index contributed by atoms with van der Waals surface area (Å²) >= 11 is 0. The van der Waals surface area contributed by atoms with E-state index >= 15 is 0 Å². The molecule has 3 N–H and O–H groups in total. The first kappa shape index (κ1) is 21.1. The van der Waals surface area contributed by atoms with Crippen LogP contribution in [0.3, 0.4) is 0 Å². The highest BCUT2D eigenvalue weighted by molar-refractivity contribution is 5.74. The minimum atomic E-state index is -0.516. The normalized spacial score (nSPS) is 27.8. The molecule has 3 unspecified atom stereocenters. The summed E-state index contributed by atoms with van der Waals surface area (Å²) in [5.41, 5.74) is -0.174. The van der Waals surface area contributed by atoms with Crippen molar-refractivity contribution in [1.82, 2.24) is 20.4 Å². The van der Waals surface area contributed by atoms with Crippen molar-refractivity contribution in [2.24, 2.45) is 0 Å². The number of rotatable bonds is 5. The minimum Gasteiger partial charge on any atom is -0.391 e. The van der Waals surface area contributed by atoms with Gasteiger partial charge in [0, 0.05) is 44.5 Å². The van der Waals surface area contributed by atoms with Crippen LogP contribution in [0.15, 0.2) is 16.9 Å². The topological polar surface area (TPSA) is 109 Å². The molecular formula is C21H33N5O4. The number of nitrogens with one attached hydrogen (secondary N) is 2. The third kappa shape index (κ3) is 4.95. The number of anilines is 1. The molecule has 3 heterocycles. The number of carbonyl (C=O) groups is 1. The van der Waals surface area contributed by atoms with Gasteiger partial charge in [-0.05, 0) is 57.4 Å². The summed E-state index contributed by atoms with van der Waals surface area (Å²) in [6, 6.07) is 3.23. The van der Waals surface area contributed by atoms with Gasteiger partial charge >= 0.3 is 6.03 Å². The zero-order chi connectivity index (χ0) is 20.9. The molecule has 4 rings (SSSR count). The summed E-state index contributed by atoms with van der Waals surface area (Å²) < 4.78 is 6.80. The molecule has 3 aliphatic rings. The molecule has 9 nitrogen and oxygen atoms in total. The highest BCUT2D eigenvalue weighted by atomic mass is 16.5. The highest BCUT2D eigenvalue weighted by Crippen LogP contribution is 2.29. The molecule has 3 atom stereocenters. The van der Waals surface area contributed by atoms with Gasteiger partial charge in [-0.2, -0.15) is 5.10 Å². The largest absolute Gasteiger partial charge is 0.391 e. The van der Waals surface area contributed by atoms with Gasteiger partial charge in [-0.1, -0.05) is 0 Å². The van der Waals surface area contributed by atoms with Crippen molar-refractivity contribution in [3.63, 3.8) is 0 Å². The van der Waals surface area contributed by atoms with Crippen LogP contribution in [0, 0.1) is 0 Å². The quantitative estimate of drug-likeness (QED) is 0.661. The molecule has 2 saturated heterocycles. The van der Waals surface area contributed by atoms with Gasteiger partial charge in [-0.15, -0.1) is 0 Å². The lowest BCUT2D eigenvalue weighted by molar-refractivity contribution is 0.0800. The van der Waals surface area contributed by atoms with Crippen LogP contribution in [0.4, 0.5) is 10.6 Å². The maximum atomic E-state index is 12.4. The molecule has 0 aromatic carbocycles. The molecule has 1 aliphatic carbocycles. The third-order valence-electron chi connectivity index (χ3n) is 6.55. The second kappa shape index (κ2) is 9.78. The molecule has 0 spiro atoms. The van der Waals surface area contributed by atoms with Gasteiger partial charge in [-0.25, -0.2) is 9.48 Å². The summed E-state index contributed by atoms with van der Waals surface area (Å²) in [7, 11) is 0. The van der Waals surface area contributed by atoms with Gasteiger partial charge in [0.25, 0.3) is 5.56 Å². The molecule has 0 radical (unpaired) electrons. The van der Waals surface area contributed by atoms with Crippen molar-refractivity contribution >= 4 is 11.8 Å². The average Bonchev–Trinajstić information content (AvgIpc) is 3.19. The number of amides is 2. The Labute approximate surface area is 176 Å². The molecule has 166 valence electrons. The fourth-order valence-electron chi connectivity index (χ4n) is 4.82. The van der Waals surface area contributed by atoms with E-state index in [9.17, 15) is 14.7 Å². The Morgan fingerprint density at radius 3 is 2.73 bits per heavy atom. The summed E-state index contributed by atoms with van der Waals surface area (Å²) in [4.78, 5) is 26.9. The summed E-state index contributed by atoms with van der Waals surface area (Å²) in [5.74, 6) is 0.741. The Bertz CT molecular complexity index is 779. The number of nitrogens with zero attached hydrogens (tertiary/aromatic N) is 3. The summed E-state index contributed by atoms with van der Waals surface area (Å²) in [5, 5.41) is 20.9. The lowest BCUT2D eigenvalue weighted by Gasteiger charge is -2.37. The molecule has 0 bridgehead atoms. The van der Waals surface area contributed by atoms with Crippen LogP contribution in [-0.2, 0) is 4.74 Å². The Morgan fingerprint density at radius 1 is 1.13 bits per heavy atom. The molecule has 1 saturated carbocycles. The lowest BCUT2D eigenvalue weighted by Crippen LogP contribution is -2.51. The van der Waals surface area contributed by atoms with Crippen LogP contribution < -0.4 is 21.1 Å². The molecule has 1 aromatic rings. The second-order valence-electron chi connectivity index (χ2n) is 8.62. The van der Waals surface area contributed by atoms with Gasteiger partial charge in [-0.3, -0.25) is 4.79 Å². The Morgan fingerprint density at radius 2 is 1.97 bits per heavy atom. The predicted molar refractivity (Wildman–Crippen MR) is 113 cm³/mol. The zero-order valence-corrected chi connectivity index (χ0v) is 17.5. The molecular weight excluding hydrogens is 386 g/mol. The standard InChI is InChI=1S/C21H33N5O4/c27-18-6-3-5-17(18)26-20(28)8-7-19(24-26)25-11-2-1-4-16(25)14-22-21(29)23-15-9-12-30-13-10-15/h7-8,15-18,27H,1-6,9-14H2,(H2,22,23,29). The predicted octanol–water partition coefficient (Wildman–Crippen LogP) is 1.17. The van der Waals surface area contributed by atoms with Crippen LogP contribution >= 0.6 is 0 Å². The van der Waals surface area contributed by atoms with E-state index in [2.05, 4.69) is 20.6 Å². The van der Waals surface area contributed by atoms with Gasteiger partial charge < -0.3 is 25.4 Å². The van der Waals surface area contributed by atoms with Crippen LogP contribution in [0.2, 0.25) is 0 Å². The van der Waals surface area contributed by atoms with Crippen molar-refractivity contribution in [1.29, 1.82) is 0 Å². The Balaban J connectivity index is 1.40. The van der Waals surface area contributed by atoms with E-state index in [0.717, 1.165) is 57.3 Å². The number of aliphatic hydroxyl groups excluding tert-OH is 1. The molecule has 1 aromatic heterocycles. The van der Waals surface area contributed by atoms with Crippen LogP contribution in [0.5, 0.6) is 0 Å². The minimum absolute atomic E-state index is 0.131. The number of hydrogen-bond donors (Lipinski definition) is 3. The van der Waals surface area contributed by atoms with E-state index in [1.54, 1.807) is 12.1 Å². The van der Waals surface area contributed by atoms with Gasteiger partial charge in [0.1, 0.15) is 5.82 Å². The van der Waals surface area contributed by atoms with E-state index < -0.39 is 6.10 Å². The number of carbonyl (C=O) groups excluding carboxylic acids is 1. The van der Waals surface area contributed by atoms with Crippen LogP contribution in [0.1, 0.15) is 57.4 Å². The summed E-state index contributed by atoms with van der Waals surface area (Å²) in [6.45, 7) is 2.76. The van der Waals surface area contributed by atoms with Crippen molar-refractivity contribution in [2.45, 2.75) is 75.6 Å². The molecule has 2 aliphatic heterocycles. The first-order chi connectivity index (χ1) is 14.6. The van der Waals surface area contributed by atoms with E-state index in [4.69, 9.17) is 4.74 Å². The first-order valence-electron chi connectivity index (χ1n) is 11.3. The molecule has 2 amide bonds.